The Kier molecular flexibility index (Phi) is 7.49. The molecule has 6 nitrogen and oxygen atoms in total. The minimum absolute atomic E-state index is 0.105. The number of hydrogen-bond acceptors (Lipinski definition) is 4. The van der Waals surface area contributed by atoms with Crippen LogP contribution in [0.3, 0.4) is 0 Å². The van der Waals surface area contributed by atoms with Crippen molar-refractivity contribution >= 4 is 27.4 Å². The largest absolute Gasteiger partial charge is 0.352 e. The number of carbonyl (C=O) groups is 2. The molecule has 1 fully saturated rings. The lowest BCUT2D eigenvalue weighted by atomic mass is 9.89. The molecule has 31 heavy (non-hydrogen) atoms. The first-order chi connectivity index (χ1) is 14.7. The van der Waals surface area contributed by atoms with Crippen LogP contribution in [0.1, 0.15) is 65.3 Å². The van der Waals surface area contributed by atoms with Gasteiger partial charge in [-0.1, -0.05) is 43.5 Å². The van der Waals surface area contributed by atoms with Crippen molar-refractivity contribution in [3.05, 3.63) is 65.2 Å². The molecular formula is C24H30N2O4S. The third kappa shape index (κ3) is 6.40. The summed E-state index contributed by atoms with van der Waals surface area (Å²) in [6.45, 7) is 2.26. The second-order valence-corrected chi connectivity index (χ2v) is 10.2. The average Bonchev–Trinajstić information content (AvgIpc) is 2.76. The third-order valence-corrected chi connectivity index (χ3v) is 6.90. The molecule has 2 aromatic carbocycles. The monoisotopic (exact) mass is 442 g/mol. The zero-order chi connectivity index (χ0) is 22.4. The van der Waals surface area contributed by atoms with Crippen molar-refractivity contribution in [3.8, 4) is 0 Å². The summed E-state index contributed by atoms with van der Waals surface area (Å²) in [5.74, 6) is 0.330. The summed E-state index contributed by atoms with van der Waals surface area (Å²) < 4.78 is 26.1. The summed E-state index contributed by atoms with van der Waals surface area (Å²) >= 11 is 0. The molecule has 1 amide bonds. The maximum absolute atomic E-state index is 12.5. The number of carbonyl (C=O) groups excluding carboxylic acids is 2. The summed E-state index contributed by atoms with van der Waals surface area (Å²) in [5, 5.41) is 3.02. The maximum atomic E-state index is 12.5. The van der Waals surface area contributed by atoms with E-state index in [9.17, 15) is 18.0 Å². The first-order valence-corrected chi connectivity index (χ1v) is 12.5. The van der Waals surface area contributed by atoms with Crippen LogP contribution in [0.25, 0.3) is 0 Å². The molecule has 0 bridgehead atoms. The second kappa shape index (κ2) is 10.1. The van der Waals surface area contributed by atoms with E-state index in [1.165, 1.54) is 43.3 Å². The lowest BCUT2D eigenvalue weighted by molar-refractivity contribution is 0.0942. The summed E-state index contributed by atoms with van der Waals surface area (Å²) in [7, 11) is -3.56. The van der Waals surface area contributed by atoms with Crippen LogP contribution in [0.4, 0.5) is 5.69 Å². The smallest absolute Gasteiger partial charge is 0.251 e. The van der Waals surface area contributed by atoms with Crippen LogP contribution >= 0.6 is 0 Å². The van der Waals surface area contributed by atoms with Gasteiger partial charge in [-0.05, 0) is 55.5 Å². The predicted molar refractivity (Wildman–Crippen MR) is 123 cm³/mol. The Bertz CT molecular complexity index is 1030. The van der Waals surface area contributed by atoms with Gasteiger partial charge < -0.3 is 5.32 Å². The highest BCUT2D eigenvalue weighted by Crippen LogP contribution is 2.24. The topological polar surface area (TPSA) is 83.6 Å². The van der Waals surface area contributed by atoms with Crippen LogP contribution in [0.2, 0.25) is 0 Å². The van der Waals surface area contributed by atoms with Gasteiger partial charge in [-0.25, -0.2) is 8.42 Å². The summed E-state index contributed by atoms with van der Waals surface area (Å²) in [4.78, 5) is 24.1. The quantitative estimate of drug-likeness (QED) is 0.622. The fraction of sp³-hybridized carbons (Fsp3) is 0.417. The lowest BCUT2D eigenvalue weighted by Gasteiger charge is -2.23. The van der Waals surface area contributed by atoms with Crippen LogP contribution in [0.5, 0.6) is 0 Å². The van der Waals surface area contributed by atoms with E-state index in [2.05, 4.69) is 5.32 Å². The van der Waals surface area contributed by atoms with E-state index in [0.29, 0.717) is 29.3 Å². The minimum Gasteiger partial charge on any atom is -0.352 e. The minimum atomic E-state index is -3.56. The Hall–Kier alpha value is -2.67. The molecule has 2 aromatic rings. The van der Waals surface area contributed by atoms with E-state index >= 15 is 0 Å². The Morgan fingerprint density at radius 2 is 1.68 bits per heavy atom. The molecule has 0 radical (unpaired) electrons. The molecule has 0 aromatic heterocycles. The number of ketones is 1. The van der Waals surface area contributed by atoms with Gasteiger partial charge >= 0.3 is 0 Å². The van der Waals surface area contributed by atoms with Gasteiger partial charge in [-0.2, -0.15) is 0 Å². The molecule has 166 valence electrons. The van der Waals surface area contributed by atoms with Crippen LogP contribution < -0.4 is 9.62 Å². The normalized spacial score (nSPS) is 14.8. The van der Waals surface area contributed by atoms with E-state index in [4.69, 9.17) is 0 Å². The number of nitrogens with zero attached hydrogens (tertiary/aromatic N) is 1. The molecule has 0 aliphatic heterocycles. The SMILES string of the molecule is CC(=O)c1cccc(N(Cc2ccc(C(=O)NCC3CCCCC3)cc2)S(C)(=O)=O)c1. The lowest BCUT2D eigenvalue weighted by Crippen LogP contribution is -2.30. The number of amides is 1. The fourth-order valence-corrected chi connectivity index (χ4v) is 4.82. The van der Waals surface area contributed by atoms with E-state index in [0.717, 1.165) is 11.8 Å². The fourth-order valence-electron chi connectivity index (χ4n) is 3.94. The molecule has 0 saturated heterocycles. The zero-order valence-corrected chi connectivity index (χ0v) is 19.0. The van der Waals surface area contributed by atoms with Crippen molar-refractivity contribution in [1.82, 2.24) is 5.32 Å². The number of benzene rings is 2. The predicted octanol–water partition coefficient (Wildman–Crippen LogP) is 4.17. The molecule has 1 aliphatic carbocycles. The first-order valence-electron chi connectivity index (χ1n) is 10.7. The van der Waals surface area contributed by atoms with Gasteiger partial charge in [-0.15, -0.1) is 0 Å². The van der Waals surface area contributed by atoms with Gasteiger partial charge in [0, 0.05) is 17.7 Å². The third-order valence-electron chi connectivity index (χ3n) is 5.76. The van der Waals surface area contributed by atoms with Gasteiger partial charge in [0.2, 0.25) is 10.0 Å². The molecular weight excluding hydrogens is 412 g/mol. The van der Waals surface area contributed by atoms with Gasteiger partial charge in [0.1, 0.15) is 0 Å². The van der Waals surface area contributed by atoms with Crippen molar-refractivity contribution in [3.63, 3.8) is 0 Å². The standard InChI is InChI=1S/C24H30N2O4S/c1-18(27)22-9-6-10-23(15-22)26(31(2,29)30)17-20-11-13-21(14-12-20)24(28)25-16-19-7-4-3-5-8-19/h6,9-15,19H,3-5,7-8,16-17H2,1-2H3,(H,25,28). The molecule has 0 unspecified atom stereocenters. The Labute approximate surface area is 184 Å². The summed E-state index contributed by atoms with van der Waals surface area (Å²) in [5.41, 5.74) is 2.20. The van der Waals surface area contributed by atoms with Crippen LogP contribution in [0, 0.1) is 5.92 Å². The van der Waals surface area contributed by atoms with Gasteiger partial charge in [-0.3, -0.25) is 13.9 Å². The van der Waals surface area contributed by atoms with Crippen molar-refractivity contribution in [2.45, 2.75) is 45.6 Å². The highest BCUT2D eigenvalue weighted by atomic mass is 32.2. The maximum Gasteiger partial charge on any atom is 0.251 e. The molecule has 1 saturated carbocycles. The number of sulfonamides is 1. The van der Waals surface area contributed by atoms with E-state index < -0.39 is 10.0 Å². The van der Waals surface area contributed by atoms with Crippen molar-refractivity contribution in [2.75, 3.05) is 17.1 Å². The average molecular weight is 443 g/mol. The van der Waals surface area contributed by atoms with E-state index in [1.54, 1.807) is 48.5 Å². The van der Waals surface area contributed by atoms with Crippen LogP contribution in [0.15, 0.2) is 48.5 Å². The van der Waals surface area contributed by atoms with Crippen molar-refractivity contribution in [1.29, 1.82) is 0 Å². The molecule has 0 heterocycles. The zero-order valence-electron chi connectivity index (χ0n) is 18.1. The molecule has 7 heteroatoms. The van der Waals surface area contributed by atoms with E-state index in [-0.39, 0.29) is 18.2 Å². The number of nitrogens with one attached hydrogen (secondary N) is 1. The Morgan fingerprint density at radius 1 is 1.00 bits per heavy atom. The number of hydrogen-bond donors (Lipinski definition) is 1. The number of anilines is 1. The second-order valence-electron chi connectivity index (χ2n) is 8.29. The molecule has 1 aliphatic rings. The van der Waals surface area contributed by atoms with Gasteiger partial charge in [0.05, 0.1) is 18.5 Å². The van der Waals surface area contributed by atoms with Crippen molar-refractivity contribution < 1.29 is 18.0 Å². The van der Waals surface area contributed by atoms with E-state index in [1.807, 2.05) is 0 Å². The molecule has 3 rings (SSSR count). The molecule has 1 N–H and O–H groups in total. The summed E-state index contributed by atoms with van der Waals surface area (Å²) in [6.07, 6.45) is 7.25. The summed E-state index contributed by atoms with van der Waals surface area (Å²) in [6, 6.07) is 13.6. The highest BCUT2D eigenvalue weighted by molar-refractivity contribution is 7.92. The van der Waals surface area contributed by atoms with Crippen molar-refractivity contribution in [2.24, 2.45) is 5.92 Å². The Balaban J connectivity index is 1.69. The van der Waals surface area contributed by atoms with Gasteiger partial charge in [0.15, 0.2) is 5.78 Å². The van der Waals surface area contributed by atoms with Crippen LogP contribution in [-0.4, -0.2) is 32.9 Å². The number of rotatable bonds is 8. The number of Topliss-reactive ketones (excluding diaryl/α,β-unsaturated/α-hetero) is 1. The van der Waals surface area contributed by atoms with Crippen LogP contribution in [-0.2, 0) is 16.6 Å². The van der Waals surface area contributed by atoms with Gasteiger partial charge in [0.25, 0.3) is 5.91 Å². The highest BCUT2D eigenvalue weighted by Gasteiger charge is 2.19. The molecule has 0 spiro atoms. The molecule has 0 atom stereocenters. The Morgan fingerprint density at radius 3 is 2.29 bits per heavy atom. The first kappa shape index (κ1) is 23.0.